The Bertz CT molecular complexity index is 1450. The Hall–Kier alpha value is -4.24. The van der Waals surface area contributed by atoms with Crippen LogP contribution in [-0.4, -0.2) is 40.5 Å². The Morgan fingerprint density at radius 3 is 2.46 bits per heavy atom. The van der Waals surface area contributed by atoms with Gasteiger partial charge in [-0.05, 0) is 67.1 Å². The van der Waals surface area contributed by atoms with E-state index in [0.717, 1.165) is 4.70 Å². The van der Waals surface area contributed by atoms with E-state index >= 15 is 0 Å². The molecule has 1 N–H and O–H groups in total. The summed E-state index contributed by atoms with van der Waals surface area (Å²) in [5, 5.41) is 11.5. The van der Waals surface area contributed by atoms with Crippen molar-refractivity contribution in [1.82, 2.24) is 9.97 Å². The lowest BCUT2D eigenvalue weighted by Crippen LogP contribution is -2.29. The number of rotatable bonds is 6. The molecule has 8 nitrogen and oxygen atoms in total. The average molecular weight is 488 g/mol. The Balaban J connectivity index is 1.66. The first-order valence-corrected chi connectivity index (χ1v) is 11.7. The minimum atomic E-state index is -0.868. The van der Waals surface area contributed by atoms with E-state index in [4.69, 9.17) is 9.47 Å². The third-order valence-corrected chi connectivity index (χ3v) is 6.71. The standard InChI is InChI=1S/C26H21N3O5S/c1-3-34-18-8-9-19-20(14-18)35-26(28-19)29-22(15-10-12-27-13-11-15)21(24(31)25(29)32)23(30)16-4-6-17(33-2)7-5-16/h4-14,22,30H,3H2,1-2H3. The van der Waals surface area contributed by atoms with Crippen molar-refractivity contribution < 1.29 is 24.2 Å². The number of benzene rings is 2. The van der Waals surface area contributed by atoms with E-state index in [9.17, 15) is 14.7 Å². The van der Waals surface area contributed by atoms with Crippen LogP contribution in [0.3, 0.4) is 0 Å². The summed E-state index contributed by atoms with van der Waals surface area (Å²) >= 11 is 1.28. The smallest absolute Gasteiger partial charge is 0.301 e. The zero-order chi connectivity index (χ0) is 24.5. The fraction of sp³-hybridized carbons (Fsp3) is 0.154. The zero-order valence-corrected chi connectivity index (χ0v) is 19.8. The number of aliphatic hydroxyl groups is 1. The normalized spacial score (nSPS) is 17.2. The average Bonchev–Trinajstić information content (AvgIpc) is 3.42. The first kappa shape index (κ1) is 22.5. The Morgan fingerprint density at radius 1 is 1.06 bits per heavy atom. The number of hydrogen-bond donors (Lipinski definition) is 1. The van der Waals surface area contributed by atoms with Crippen LogP contribution in [0.2, 0.25) is 0 Å². The number of anilines is 1. The maximum absolute atomic E-state index is 13.3. The minimum Gasteiger partial charge on any atom is -0.507 e. The molecule has 5 rings (SSSR count). The molecule has 0 radical (unpaired) electrons. The summed E-state index contributed by atoms with van der Waals surface area (Å²) in [6.07, 6.45) is 3.16. The van der Waals surface area contributed by atoms with Crippen LogP contribution in [0.5, 0.6) is 11.5 Å². The maximum atomic E-state index is 13.3. The Morgan fingerprint density at radius 2 is 1.77 bits per heavy atom. The second-order valence-corrected chi connectivity index (χ2v) is 8.75. The number of ketones is 1. The van der Waals surface area contributed by atoms with Crippen LogP contribution < -0.4 is 14.4 Å². The fourth-order valence-corrected chi connectivity index (χ4v) is 5.07. The van der Waals surface area contributed by atoms with Crippen LogP contribution in [0.1, 0.15) is 24.1 Å². The summed E-state index contributed by atoms with van der Waals surface area (Å²) in [6, 6.07) is 14.7. The molecule has 1 atom stereocenters. The third-order valence-electron chi connectivity index (χ3n) is 5.70. The van der Waals surface area contributed by atoms with Gasteiger partial charge in [0, 0.05) is 18.0 Å². The van der Waals surface area contributed by atoms with Crippen LogP contribution in [-0.2, 0) is 9.59 Å². The molecule has 1 unspecified atom stereocenters. The molecule has 2 aromatic carbocycles. The quantitative estimate of drug-likeness (QED) is 0.238. The van der Waals surface area contributed by atoms with Crippen molar-refractivity contribution in [1.29, 1.82) is 0 Å². The van der Waals surface area contributed by atoms with Crippen molar-refractivity contribution in [2.24, 2.45) is 0 Å². The van der Waals surface area contributed by atoms with E-state index in [1.807, 2.05) is 25.1 Å². The van der Waals surface area contributed by atoms with Crippen molar-refractivity contribution in [2.45, 2.75) is 13.0 Å². The molecule has 4 aromatic rings. The second-order valence-electron chi connectivity index (χ2n) is 7.74. The molecular formula is C26H21N3O5S. The molecule has 35 heavy (non-hydrogen) atoms. The number of nitrogens with zero attached hydrogens (tertiary/aromatic N) is 3. The summed E-state index contributed by atoms with van der Waals surface area (Å²) in [4.78, 5) is 36.6. The largest absolute Gasteiger partial charge is 0.507 e. The van der Waals surface area contributed by atoms with Crippen molar-refractivity contribution in [3.8, 4) is 11.5 Å². The first-order chi connectivity index (χ1) is 17.0. The number of ether oxygens (including phenoxy) is 2. The van der Waals surface area contributed by atoms with Crippen LogP contribution in [0.25, 0.3) is 16.0 Å². The van der Waals surface area contributed by atoms with Gasteiger partial charge in [0.15, 0.2) is 5.13 Å². The molecular weight excluding hydrogens is 466 g/mol. The number of pyridine rings is 1. The van der Waals surface area contributed by atoms with E-state index in [-0.39, 0.29) is 11.3 Å². The van der Waals surface area contributed by atoms with Gasteiger partial charge in [0.1, 0.15) is 17.3 Å². The molecule has 0 spiro atoms. The lowest BCUT2D eigenvalue weighted by Gasteiger charge is -2.22. The first-order valence-electron chi connectivity index (χ1n) is 10.9. The van der Waals surface area contributed by atoms with Crippen LogP contribution in [0, 0.1) is 0 Å². The Labute approximate surface area is 205 Å². The van der Waals surface area contributed by atoms with Crippen molar-refractivity contribution in [2.75, 3.05) is 18.6 Å². The Kier molecular flexibility index (Phi) is 5.92. The summed E-state index contributed by atoms with van der Waals surface area (Å²) in [5.74, 6) is -0.508. The number of aromatic nitrogens is 2. The molecule has 1 amide bonds. The monoisotopic (exact) mass is 487 g/mol. The molecule has 0 aliphatic carbocycles. The summed E-state index contributed by atoms with van der Waals surface area (Å²) < 4.78 is 11.6. The number of carbonyl (C=O) groups is 2. The number of carbonyl (C=O) groups excluding carboxylic acids is 2. The fourth-order valence-electron chi connectivity index (χ4n) is 4.05. The summed E-state index contributed by atoms with van der Waals surface area (Å²) in [5.41, 5.74) is 1.69. The number of amides is 1. The lowest BCUT2D eigenvalue weighted by molar-refractivity contribution is -0.132. The van der Waals surface area contributed by atoms with Gasteiger partial charge in [-0.1, -0.05) is 11.3 Å². The van der Waals surface area contributed by atoms with Gasteiger partial charge >= 0.3 is 5.91 Å². The molecule has 1 fully saturated rings. The van der Waals surface area contributed by atoms with Gasteiger partial charge in [0.05, 0.1) is 35.5 Å². The number of hydrogen-bond acceptors (Lipinski definition) is 8. The lowest BCUT2D eigenvalue weighted by atomic mass is 9.96. The zero-order valence-electron chi connectivity index (χ0n) is 19.0. The highest BCUT2D eigenvalue weighted by Gasteiger charge is 2.48. The number of aliphatic hydroxyl groups excluding tert-OH is 1. The molecule has 1 aliphatic heterocycles. The SMILES string of the molecule is CCOc1ccc2nc(N3C(=O)C(=O)C(=C(O)c4ccc(OC)cc4)C3c3ccncc3)sc2c1. The predicted octanol–water partition coefficient (Wildman–Crippen LogP) is 4.72. The van der Waals surface area contributed by atoms with Crippen molar-refractivity contribution in [3.05, 3.63) is 83.7 Å². The highest BCUT2D eigenvalue weighted by Crippen LogP contribution is 2.44. The molecule has 0 bridgehead atoms. The molecule has 2 aromatic heterocycles. The molecule has 1 aliphatic rings. The molecule has 3 heterocycles. The van der Waals surface area contributed by atoms with Crippen molar-refractivity contribution >= 4 is 44.1 Å². The topological polar surface area (TPSA) is 102 Å². The van der Waals surface area contributed by atoms with Gasteiger partial charge < -0.3 is 14.6 Å². The highest BCUT2D eigenvalue weighted by molar-refractivity contribution is 7.22. The number of thiazole rings is 1. The third kappa shape index (κ3) is 4.00. The number of fused-ring (bicyclic) bond motifs is 1. The maximum Gasteiger partial charge on any atom is 0.301 e. The van der Waals surface area contributed by atoms with E-state index in [1.54, 1.807) is 55.9 Å². The molecule has 1 saturated heterocycles. The van der Waals surface area contributed by atoms with E-state index in [2.05, 4.69) is 9.97 Å². The van der Waals surface area contributed by atoms with Gasteiger partial charge in [-0.3, -0.25) is 19.5 Å². The number of methoxy groups -OCH3 is 1. The van der Waals surface area contributed by atoms with Gasteiger partial charge in [-0.15, -0.1) is 0 Å². The summed E-state index contributed by atoms with van der Waals surface area (Å²) in [6.45, 7) is 2.43. The predicted molar refractivity (Wildman–Crippen MR) is 133 cm³/mol. The summed E-state index contributed by atoms with van der Waals surface area (Å²) in [7, 11) is 1.54. The molecule has 9 heteroatoms. The van der Waals surface area contributed by atoms with Crippen LogP contribution in [0.4, 0.5) is 5.13 Å². The van der Waals surface area contributed by atoms with Gasteiger partial charge in [0.2, 0.25) is 0 Å². The van der Waals surface area contributed by atoms with Crippen molar-refractivity contribution in [3.63, 3.8) is 0 Å². The van der Waals surface area contributed by atoms with Gasteiger partial charge in [0.25, 0.3) is 5.78 Å². The second kappa shape index (κ2) is 9.19. The van der Waals surface area contributed by atoms with E-state index in [1.165, 1.54) is 16.2 Å². The van der Waals surface area contributed by atoms with Gasteiger partial charge in [-0.2, -0.15) is 0 Å². The number of Topliss-reactive ketones (excluding diaryl/α,β-unsaturated/α-hetero) is 1. The highest BCUT2D eigenvalue weighted by atomic mass is 32.1. The van der Waals surface area contributed by atoms with Gasteiger partial charge in [-0.25, -0.2) is 4.98 Å². The molecule has 0 saturated carbocycles. The van der Waals surface area contributed by atoms with E-state index in [0.29, 0.717) is 39.9 Å². The van der Waals surface area contributed by atoms with Crippen LogP contribution >= 0.6 is 11.3 Å². The van der Waals surface area contributed by atoms with E-state index < -0.39 is 17.7 Å². The molecule has 176 valence electrons. The van der Waals surface area contributed by atoms with Crippen LogP contribution in [0.15, 0.2) is 72.6 Å². The minimum absolute atomic E-state index is 0.0133.